The maximum Gasteiger partial charge on any atom is 0.255 e. The lowest BCUT2D eigenvalue weighted by molar-refractivity contribution is 0.0806. The van der Waals surface area contributed by atoms with Gasteiger partial charge in [-0.15, -0.1) is 0 Å². The summed E-state index contributed by atoms with van der Waals surface area (Å²) in [6.07, 6.45) is 3.04. The maximum absolute atomic E-state index is 12.1. The number of nitrogens with one attached hydrogen (secondary N) is 1. The van der Waals surface area contributed by atoms with Crippen LogP contribution in [0.2, 0.25) is 0 Å². The molecule has 1 heterocycles. The summed E-state index contributed by atoms with van der Waals surface area (Å²) in [7, 11) is 0. The number of nitrogens with two attached hydrogens (primary N) is 1. The molecule has 0 aliphatic carbocycles. The first-order valence-corrected chi connectivity index (χ1v) is 6.14. The number of carbonyl (C=O) groups excluding carboxylic acids is 1. The minimum absolute atomic E-state index is 0.0305. The molecule has 5 heteroatoms. The average Bonchev–Trinajstić information content (AvgIpc) is 2.34. The number of aromatic nitrogens is 1. The van der Waals surface area contributed by atoms with Crippen LogP contribution in [0.25, 0.3) is 0 Å². The molecule has 1 amide bonds. The topological polar surface area (TPSA) is 77.2 Å². The van der Waals surface area contributed by atoms with Crippen LogP contribution in [-0.2, 0) is 4.74 Å². The predicted octanol–water partition coefficient (Wildman–Crippen LogP) is 1.45. The van der Waals surface area contributed by atoms with Gasteiger partial charge >= 0.3 is 0 Å². The summed E-state index contributed by atoms with van der Waals surface area (Å²) < 4.78 is 5.36. The van der Waals surface area contributed by atoms with E-state index in [2.05, 4.69) is 10.3 Å². The lowest BCUT2D eigenvalue weighted by atomic mass is 10.0. The highest BCUT2D eigenvalue weighted by atomic mass is 16.5. The molecular weight excluding hydrogens is 230 g/mol. The highest BCUT2D eigenvalue weighted by Gasteiger charge is 2.18. The summed E-state index contributed by atoms with van der Waals surface area (Å²) in [5.41, 5.74) is 6.58. The van der Waals surface area contributed by atoms with E-state index in [0.29, 0.717) is 30.4 Å². The molecule has 0 spiro atoms. The molecule has 1 aromatic rings. The van der Waals surface area contributed by atoms with Crippen molar-refractivity contribution >= 4 is 11.6 Å². The van der Waals surface area contributed by atoms with Gasteiger partial charge < -0.3 is 15.8 Å². The van der Waals surface area contributed by atoms with Crippen molar-refractivity contribution in [1.29, 1.82) is 0 Å². The summed E-state index contributed by atoms with van der Waals surface area (Å²) in [5, 5.41) is 2.92. The monoisotopic (exact) mass is 251 g/mol. The third-order valence-corrected chi connectivity index (χ3v) is 2.72. The smallest absolute Gasteiger partial charge is 0.255 e. The molecule has 0 aliphatic rings. The Morgan fingerprint density at radius 3 is 2.83 bits per heavy atom. The van der Waals surface area contributed by atoms with E-state index in [1.165, 1.54) is 6.20 Å². The van der Waals surface area contributed by atoms with E-state index >= 15 is 0 Å². The van der Waals surface area contributed by atoms with Crippen LogP contribution in [0.3, 0.4) is 0 Å². The molecule has 0 aliphatic heterocycles. The number of rotatable bonds is 6. The number of amides is 1. The predicted molar refractivity (Wildman–Crippen MR) is 71.2 cm³/mol. The van der Waals surface area contributed by atoms with E-state index < -0.39 is 0 Å². The minimum atomic E-state index is -0.209. The normalized spacial score (nSPS) is 12.4. The maximum atomic E-state index is 12.1. The first-order valence-electron chi connectivity index (χ1n) is 6.14. The van der Waals surface area contributed by atoms with Crippen LogP contribution in [0.4, 0.5) is 5.69 Å². The number of hydrogen-bond donors (Lipinski definition) is 2. The van der Waals surface area contributed by atoms with Crippen LogP contribution in [-0.4, -0.2) is 30.1 Å². The van der Waals surface area contributed by atoms with Crippen molar-refractivity contribution in [3.63, 3.8) is 0 Å². The Bertz CT molecular complexity index is 394. The number of nitrogens with zero attached hydrogens (tertiary/aromatic N) is 1. The molecule has 3 N–H and O–H groups in total. The van der Waals surface area contributed by atoms with Gasteiger partial charge in [0.15, 0.2) is 0 Å². The lowest BCUT2D eigenvalue weighted by Crippen LogP contribution is -2.42. The Labute approximate surface area is 108 Å². The van der Waals surface area contributed by atoms with Crippen LogP contribution < -0.4 is 11.1 Å². The van der Waals surface area contributed by atoms with Crippen LogP contribution in [0.15, 0.2) is 18.5 Å². The van der Waals surface area contributed by atoms with Crippen LogP contribution in [0.1, 0.15) is 31.1 Å². The fraction of sp³-hybridized carbons (Fsp3) is 0.538. The van der Waals surface area contributed by atoms with Crippen molar-refractivity contribution < 1.29 is 9.53 Å². The van der Waals surface area contributed by atoms with Gasteiger partial charge in [0.05, 0.1) is 18.2 Å². The van der Waals surface area contributed by atoms with E-state index in [-0.39, 0.29) is 11.9 Å². The Kier molecular flexibility index (Phi) is 5.58. The van der Waals surface area contributed by atoms with Crippen molar-refractivity contribution in [3.05, 3.63) is 24.0 Å². The van der Waals surface area contributed by atoms with E-state index in [1.54, 1.807) is 12.3 Å². The summed E-state index contributed by atoms with van der Waals surface area (Å²) >= 11 is 0. The largest absolute Gasteiger partial charge is 0.398 e. The van der Waals surface area contributed by atoms with Crippen LogP contribution in [0.5, 0.6) is 0 Å². The molecule has 100 valence electrons. The molecule has 0 bridgehead atoms. The van der Waals surface area contributed by atoms with E-state index in [1.807, 2.05) is 20.8 Å². The molecule has 0 fully saturated rings. The quantitative estimate of drug-likeness (QED) is 0.802. The van der Waals surface area contributed by atoms with Gasteiger partial charge in [-0.3, -0.25) is 9.78 Å². The third kappa shape index (κ3) is 4.00. The van der Waals surface area contributed by atoms with Gasteiger partial charge in [0.1, 0.15) is 0 Å². The molecular formula is C13H21N3O2. The summed E-state index contributed by atoms with van der Waals surface area (Å²) in [6, 6.07) is 1.58. The number of hydrogen-bond acceptors (Lipinski definition) is 4. The number of pyridine rings is 1. The Balaban J connectivity index is 2.69. The molecule has 0 radical (unpaired) electrons. The Morgan fingerprint density at radius 1 is 1.56 bits per heavy atom. The van der Waals surface area contributed by atoms with E-state index in [9.17, 15) is 4.79 Å². The average molecular weight is 251 g/mol. The van der Waals surface area contributed by atoms with Gasteiger partial charge in [0.2, 0.25) is 0 Å². The second-order valence-corrected chi connectivity index (χ2v) is 4.45. The van der Waals surface area contributed by atoms with Crippen LogP contribution >= 0.6 is 0 Å². The Hall–Kier alpha value is -1.62. The summed E-state index contributed by atoms with van der Waals surface area (Å²) in [5.74, 6) is 0.0809. The molecule has 0 aromatic carbocycles. The zero-order valence-corrected chi connectivity index (χ0v) is 11.1. The zero-order chi connectivity index (χ0) is 13.5. The molecule has 0 saturated carbocycles. The van der Waals surface area contributed by atoms with Crippen molar-refractivity contribution in [2.24, 2.45) is 5.92 Å². The number of nitrogen functional groups attached to an aromatic ring is 1. The van der Waals surface area contributed by atoms with Gasteiger partial charge in [-0.25, -0.2) is 0 Å². The van der Waals surface area contributed by atoms with Gasteiger partial charge in [0.25, 0.3) is 5.91 Å². The van der Waals surface area contributed by atoms with Gasteiger partial charge in [-0.2, -0.15) is 0 Å². The molecule has 1 aromatic heterocycles. The molecule has 5 nitrogen and oxygen atoms in total. The standard InChI is InChI=1S/C13H21N3O2/c1-4-18-8-12(9(2)3)16-13(17)10-7-15-6-5-11(10)14/h5-7,9,12H,4,8H2,1-3H3,(H2,14,15)(H,16,17). The second-order valence-electron chi connectivity index (χ2n) is 4.45. The second kappa shape index (κ2) is 6.96. The fourth-order valence-electron chi connectivity index (χ4n) is 1.49. The van der Waals surface area contributed by atoms with Crippen molar-refractivity contribution in [2.45, 2.75) is 26.8 Å². The molecule has 18 heavy (non-hydrogen) atoms. The summed E-state index contributed by atoms with van der Waals surface area (Å²) in [4.78, 5) is 16.0. The molecule has 1 unspecified atom stereocenters. The number of ether oxygens (including phenoxy) is 1. The van der Waals surface area contributed by atoms with Crippen molar-refractivity contribution in [1.82, 2.24) is 10.3 Å². The molecule has 1 atom stereocenters. The van der Waals surface area contributed by atoms with Crippen LogP contribution in [0, 0.1) is 5.92 Å². The fourth-order valence-corrected chi connectivity index (χ4v) is 1.49. The number of anilines is 1. The highest BCUT2D eigenvalue weighted by molar-refractivity contribution is 5.98. The van der Waals surface area contributed by atoms with Crippen molar-refractivity contribution in [3.8, 4) is 0 Å². The third-order valence-electron chi connectivity index (χ3n) is 2.72. The Morgan fingerprint density at radius 2 is 2.28 bits per heavy atom. The number of carbonyl (C=O) groups is 1. The molecule has 0 saturated heterocycles. The first-order chi connectivity index (χ1) is 8.56. The van der Waals surface area contributed by atoms with Gasteiger partial charge in [-0.1, -0.05) is 13.8 Å². The highest BCUT2D eigenvalue weighted by Crippen LogP contribution is 2.10. The van der Waals surface area contributed by atoms with Crippen molar-refractivity contribution in [2.75, 3.05) is 18.9 Å². The zero-order valence-electron chi connectivity index (χ0n) is 11.1. The van der Waals surface area contributed by atoms with Gasteiger partial charge in [-0.05, 0) is 18.9 Å². The van der Waals surface area contributed by atoms with Gasteiger partial charge in [0, 0.05) is 24.7 Å². The lowest BCUT2D eigenvalue weighted by Gasteiger charge is -2.22. The first kappa shape index (κ1) is 14.4. The van der Waals surface area contributed by atoms with E-state index in [4.69, 9.17) is 10.5 Å². The minimum Gasteiger partial charge on any atom is -0.398 e. The van der Waals surface area contributed by atoms with E-state index in [0.717, 1.165) is 0 Å². The SMILES string of the molecule is CCOCC(NC(=O)c1cnccc1N)C(C)C. The summed E-state index contributed by atoms with van der Waals surface area (Å²) in [6.45, 7) is 7.14. The molecule has 1 rings (SSSR count).